The van der Waals surface area contributed by atoms with Gasteiger partial charge in [0.15, 0.2) is 0 Å². The molecule has 0 saturated carbocycles. The first-order valence-corrected chi connectivity index (χ1v) is 7.96. The standard InChI is InChI=1S/C15H27N3/c1-3-4-5-9-17-10-8-13-6-7-14-11-12(2)16-15(17)18(13)14/h12-14H,3-11H2,1-2H3/p+1. The first-order valence-electron chi connectivity index (χ1n) is 7.96. The minimum atomic E-state index is 0.659. The van der Waals surface area contributed by atoms with Crippen molar-refractivity contribution in [3.63, 3.8) is 0 Å². The fraction of sp³-hybridized carbons (Fsp3) is 0.933. The van der Waals surface area contributed by atoms with Crippen LogP contribution in [0.5, 0.6) is 0 Å². The van der Waals surface area contributed by atoms with Crippen molar-refractivity contribution in [3.8, 4) is 0 Å². The lowest BCUT2D eigenvalue weighted by Gasteiger charge is -2.39. The quantitative estimate of drug-likeness (QED) is 0.609. The van der Waals surface area contributed by atoms with E-state index in [1.165, 1.54) is 64.0 Å². The molecule has 3 unspecified atom stereocenters. The van der Waals surface area contributed by atoms with E-state index >= 15 is 0 Å². The Kier molecular flexibility index (Phi) is 3.49. The highest BCUT2D eigenvalue weighted by Gasteiger charge is 2.48. The Labute approximate surface area is 111 Å². The van der Waals surface area contributed by atoms with Crippen LogP contribution in [0.2, 0.25) is 0 Å². The Morgan fingerprint density at radius 3 is 2.89 bits per heavy atom. The molecule has 2 fully saturated rings. The zero-order valence-corrected chi connectivity index (χ0v) is 12.0. The Hall–Kier alpha value is -0.730. The van der Waals surface area contributed by atoms with Crippen LogP contribution in [0.25, 0.3) is 0 Å². The van der Waals surface area contributed by atoms with Gasteiger partial charge in [-0.1, -0.05) is 19.8 Å². The Morgan fingerprint density at radius 1 is 1.22 bits per heavy atom. The lowest BCUT2D eigenvalue weighted by Crippen LogP contribution is -2.62. The second kappa shape index (κ2) is 5.10. The van der Waals surface area contributed by atoms with Crippen molar-refractivity contribution in [2.24, 2.45) is 0 Å². The number of hydrogen-bond acceptors (Lipinski definition) is 2. The predicted octanol–water partition coefficient (Wildman–Crippen LogP) is 2.16. The number of unbranched alkanes of at least 4 members (excludes halogenated alkanes) is 2. The summed E-state index contributed by atoms with van der Waals surface area (Å²) in [6.45, 7) is 7.15. The van der Waals surface area contributed by atoms with E-state index in [4.69, 9.17) is 0 Å². The molecule has 0 radical (unpaired) electrons. The molecule has 0 bridgehead atoms. The van der Waals surface area contributed by atoms with Crippen LogP contribution >= 0.6 is 0 Å². The molecule has 3 atom stereocenters. The molecule has 3 rings (SSSR count). The van der Waals surface area contributed by atoms with Gasteiger partial charge in [-0.25, -0.2) is 0 Å². The summed E-state index contributed by atoms with van der Waals surface area (Å²) in [6, 6.07) is 2.33. The summed E-state index contributed by atoms with van der Waals surface area (Å²) in [4.78, 5) is 2.73. The highest BCUT2D eigenvalue weighted by molar-refractivity contribution is 5.77. The lowest BCUT2D eigenvalue weighted by molar-refractivity contribution is -0.543. The maximum atomic E-state index is 3.76. The van der Waals surface area contributed by atoms with Crippen molar-refractivity contribution in [1.82, 2.24) is 10.2 Å². The summed E-state index contributed by atoms with van der Waals surface area (Å²) in [5.74, 6) is 1.48. The van der Waals surface area contributed by atoms with Gasteiger partial charge in [0.1, 0.15) is 0 Å². The molecule has 0 amide bonds. The molecule has 102 valence electrons. The van der Waals surface area contributed by atoms with E-state index in [0.717, 1.165) is 12.1 Å². The van der Waals surface area contributed by atoms with Crippen molar-refractivity contribution in [2.45, 2.75) is 76.9 Å². The van der Waals surface area contributed by atoms with Crippen molar-refractivity contribution < 1.29 is 4.58 Å². The first-order chi connectivity index (χ1) is 8.79. The van der Waals surface area contributed by atoms with E-state index in [1.807, 2.05) is 0 Å². The van der Waals surface area contributed by atoms with Gasteiger partial charge in [-0.2, -0.15) is 0 Å². The maximum absolute atomic E-state index is 3.76. The molecule has 0 aliphatic carbocycles. The zero-order chi connectivity index (χ0) is 12.5. The van der Waals surface area contributed by atoms with Gasteiger partial charge >= 0.3 is 5.96 Å². The molecule has 3 aliphatic heterocycles. The molecule has 0 aromatic carbocycles. The molecule has 18 heavy (non-hydrogen) atoms. The minimum Gasteiger partial charge on any atom is -0.275 e. The maximum Gasteiger partial charge on any atom is 0.348 e. The van der Waals surface area contributed by atoms with Crippen LogP contribution in [0, 0.1) is 0 Å². The van der Waals surface area contributed by atoms with Gasteiger partial charge in [0.2, 0.25) is 0 Å². The summed E-state index contributed by atoms with van der Waals surface area (Å²) >= 11 is 0. The van der Waals surface area contributed by atoms with E-state index in [9.17, 15) is 0 Å². The van der Waals surface area contributed by atoms with E-state index in [1.54, 1.807) is 0 Å². The van der Waals surface area contributed by atoms with Crippen LogP contribution in [0.15, 0.2) is 0 Å². The van der Waals surface area contributed by atoms with Crippen LogP contribution in [0.3, 0.4) is 0 Å². The summed E-state index contributed by atoms with van der Waals surface area (Å²) in [5, 5.41) is 3.76. The SMILES string of the molecule is CCCCC[N+]1=C2NC(C)CC3CCC(CC1)N23. The smallest absolute Gasteiger partial charge is 0.275 e. The van der Waals surface area contributed by atoms with Gasteiger partial charge in [0, 0.05) is 12.8 Å². The van der Waals surface area contributed by atoms with E-state index in [2.05, 4.69) is 28.6 Å². The van der Waals surface area contributed by atoms with E-state index in [-0.39, 0.29) is 0 Å². The number of nitrogens with zero attached hydrogens (tertiary/aromatic N) is 2. The van der Waals surface area contributed by atoms with Crippen LogP contribution in [0.1, 0.15) is 58.8 Å². The molecule has 0 aromatic rings. The van der Waals surface area contributed by atoms with Gasteiger partial charge in [-0.05, 0) is 26.2 Å². The fourth-order valence-electron chi connectivity index (χ4n) is 4.02. The van der Waals surface area contributed by atoms with E-state index in [0.29, 0.717) is 6.04 Å². The van der Waals surface area contributed by atoms with Gasteiger partial charge in [-0.15, -0.1) is 0 Å². The molecular weight excluding hydrogens is 222 g/mol. The minimum absolute atomic E-state index is 0.659. The monoisotopic (exact) mass is 250 g/mol. The van der Waals surface area contributed by atoms with Crippen LogP contribution in [-0.2, 0) is 0 Å². The third-order valence-corrected chi connectivity index (χ3v) is 4.93. The summed E-state index contributed by atoms with van der Waals surface area (Å²) in [7, 11) is 0. The molecule has 3 aliphatic rings. The summed E-state index contributed by atoms with van der Waals surface area (Å²) < 4.78 is 2.63. The molecule has 1 N–H and O–H groups in total. The first kappa shape index (κ1) is 12.3. The molecule has 0 aromatic heterocycles. The third-order valence-electron chi connectivity index (χ3n) is 4.93. The Balaban J connectivity index is 1.78. The highest BCUT2D eigenvalue weighted by Crippen LogP contribution is 2.33. The van der Waals surface area contributed by atoms with Crippen LogP contribution in [0.4, 0.5) is 0 Å². The van der Waals surface area contributed by atoms with Crippen LogP contribution < -0.4 is 5.32 Å². The largest absolute Gasteiger partial charge is 0.348 e. The highest BCUT2D eigenvalue weighted by atomic mass is 15.4. The number of guanidine groups is 1. The normalized spacial score (nSPS) is 34.6. The fourth-order valence-corrected chi connectivity index (χ4v) is 4.02. The molecule has 0 spiro atoms. The predicted molar refractivity (Wildman–Crippen MR) is 75.0 cm³/mol. The number of nitrogens with one attached hydrogen (secondary N) is 1. The molecular formula is C15H28N3+. The summed E-state index contributed by atoms with van der Waals surface area (Å²) in [6.07, 6.45) is 9.59. The number of rotatable bonds is 4. The second-order valence-corrected chi connectivity index (χ2v) is 6.38. The molecule has 3 nitrogen and oxygen atoms in total. The summed E-state index contributed by atoms with van der Waals surface area (Å²) in [5.41, 5.74) is 0. The van der Waals surface area contributed by atoms with E-state index < -0.39 is 0 Å². The van der Waals surface area contributed by atoms with Crippen molar-refractivity contribution in [3.05, 3.63) is 0 Å². The van der Waals surface area contributed by atoms with Crippen molar-refractivity contribution in [1.29, 1.82) is 0 Å². The third kappa shape index (κ3) is 2.12. The average Bonchev–Trinajstić information content (AvgIpc) is 2.76. The van der Waals surface area contributed by atoms with Crippen molar-refractivity contribution >= 4 is 5.96 Å². The Bertz CT molecular complexity index is 337. The second-order valence-electron chi connectivity index (χ2n) is 6.38. The lowest BCUT2D eigenvalue weighted by atomic mass is 10.0. The van der Waals surface area contributed by atoms with Gasteiger partial charge < -0.3 is 0 Å². The Morgan fingerprint density at radius 2 is 2.06 bits per heavy atom. The molecule has 3 heteroatoms. The molecule has 2 saturated heterocycles. The van der Waals surface area contributed by atoms with Gasteiger partial charge in [-0.3, -0.25) is 14.8 Å². The topological polar surface area (TPSA) is 18.3 Å². The molecule has 3 heterocycles. The number of hydrogen-bond donors (Lipinski definition) is 1. The van der Waals surface area contributed by atoms with Crippen molar-refractivity contribution in [2.75, 3.05) is 13.1 Å². The van der Waals surface area contributed by atoms with Crippen LogP contribution in [-0.4, -0.2) is 46.7 Å². The van der Waals surface area contributed by atoms with Gasteiger partial charge in [0.05, 0.1) is 31.2 Å². The zero-order valence-electron chi connectivity index (χ0n) is 12.0. The van der Waals surface area contributed by atoms with Gasteiger partial charge in [0.25, 0.3) is 0 Å². The average molecular weight is 250 g/mol.